The number of nitrogen functional groups attached to an aromatic ring is 1. The van der Waals surface area contributed by atoms with Crippen LogP contribution in [0.5, 0.6) is 5.75 Å². The molecule has 0 atom stereocenters. The lowest BCUT2D eigenvalue weighted by molar-refractivity contribution is -0.119. The van der Waals surface area contributed by atoms with Crippen molar-refractivity contribution < 1.29 is 17.9 Å². The molecule has 0 bridgehead atoms. The standard InChI is InChI=1S/C14H21F3N2O/c1-4-5-19(9-14(15,16)17)12-6-11(18)7-13(8-12)20-10(2)3/h6-8,10H,4-5,9,18H2,1-3H3. The molecule has 0 amide bonds. The molecule has 3 nitrogen and oxygen atoms in total. The summed E-state index contributed by atoms with van der Waals surface area (Å²) in [7, 11) is 0. The molecule has 0 spiro atoms. The molecule has 0 saturated carbocycles. The lowest BCUT2D eigenvalue weighted by atomic mass is 10.2. The van der Waals surface area contributed by atoms with Crippen molar-refractivity contribution in [2.24, 2.45) is 0 Å². The molecule has 2 N–H and O–H groups in total. The summed E-state index contributed by atoms with van der Waals surface area (Å²) < 4.78 is 43.4. The fourth-order valence-corrected chi connectivity index (χ4v) is 1.91. The van der Waals surface area contributed by atoms with Gasteiger partial charge in [-0.2, -0.15) is 13.2 Å². The van der Waals surface area contributed by atoms with E-state index in [-0.39, 0.29) is 6.10 Å². The Morgan fingerprint density at radius 1 is 1.25 bits per heavy atom. The first-order chi connectivity index (χ1) is 9.21. The zero-order valence-corrected chi connectivity index (χ0v) is 12.0. The van der Waals surface area contributed by atoms with Crippen molar-refractivity contribution in [3.05, 3.63) is 18.2 Å². The summed E-state index contributed by atoms with van der Waals surface area (Å²) in [5.74, 6) is 0.485. The van der Waals surface area contributed by atoms with Gasteiger partial charge in [0.2, 0.25) is 0 Å². The summed E-state index contributed by atoms with van der Waals surface area (Å²) in [6.07, 6.45) is -3.70. The van der Waals surface area contributed by atoms with Crippen LogP contribution in [0, 0.1) is 0 Å². The van der Waals surface area contributed by atoms with Gasteiger partial charge in [0.15, 0.2) is 0 Å². The fourth-order valence-electron chi connectivity index (χ4n) is 1.91. The summed E-state index contributed by atoms with van der Waals surface area (Å²) in [5.41, 5.74) is 6.57. The molecule has 0 fully saturated rings. The number of hydrogen-bond donors (Lipinski definition) is 1. The summed E-state index contributed by atoms with van der Waals surface area (Å²) in [5, 5.41) is 0. The first-order valence-electron chi connectivity index (χ1n) is 6.60. The number of nitrogens with two attached hydrogens (primary N) is 1. The van der Waals surface area contributed by atoms with Gasteiger partial charge in [-0.05, 0) is 26.3 Å². The molecule has 0 aliphatic heterocycles. The Kier molecular flexibility index (Phi) is 5.53. The average Bonchev–Trinajstić information content (AvgIpc) is 2.24. The van der Waals surface area contributed by atoms with Crippen molar-refractivity contribution in [3.8, 4) is 5.75 Å². The van der Waals surface area contributed by atoms with E-state index in [1.165, 1.54) is 11.0 Å². The van der Waals surface area contributed by atoms with Crippen LogP contribution in [0.15, 0.2) is 18.2 Å². The van der Waals surface area contributed by atoms with Gasteiger partial charge in [-0.1, -0.05) is 6.92 Å². The molecule has 1 aromatic carbocycles. The Hall–Kier alpha value is -1.59. The van der Waals surface area contributed by atoms with Crippen LogP contribution in [0.3, 0.4) is 0 Å². The van der Waals surface area contributed by atoms with Crippen LogP contribution in [0.4, 0.5) is 24.5 Å². The largest absolute Gasteiger partial charge is 0.491 e. The van der Waals surface area contributed by atoms with E-state index in [4.69, 9.17) is 10.5 Å². The minimum Gasteiger partial charge on any atom is -0.491 e. The number of halogens is 3. The van der Waals surface area contributed by atoms with Crippen LogP contribution in [-0.4, -0.2) is 25.4 Å². The zero-order valence-electron chi connectivity index (χ0n) is 12.0. The number of nitrogens with zero attached hydrogens (tertiary/aromatic N) is 1. The number of alkyl halides is 3. The number of anilines is 2. The predicted octanol–water partition coefficient (Wildman–Crippen LogP) is 3.83. The number of ether oxygens (including phenoxy) is 1. The Balaban J connectivity index is 3.03. The van der Waals surface area contributed by atoms with Crippen molar-refractivity contribution in [3.63, 3.8) is 0 Å². The lowest BCUT2D eigenvalue weighted by Crippen LogP contribution is -2.34. The van der Waals surface area contributed by atoms with Crippen LogP contribution < -0.4 is 15.4 Å². The van der Waals surface area contributed by atoms with Gasteiger partial charge < -0.3 is 15.4 Å². The SMILES string of the molecule is CCCN(CC(F)(F)F)c1cc(N)cc(OC(C)C)c1. The molecule has 20 heavy (non-hydrogen) atoms. The highest BCUT2D eigenvalue weighted by atomic mass is 19.4. The molecule has 0 aromatic heterocycles. The van der Waals surface area contributed by atoms with Gasteiger partial charge in [-0.3, -0.25) is 0 Å². The minimum atomic E-state index is -4.25. The highest BCUT2D eigenvalue weighted by Gasteiger charge is 2.30. The molecular weight excluding hydrogens is 269 g/mol. The second-order valence-electron chi connectivity index (χ2n) is 4.96. The van der Waals surface area contributed by atoms with Gasteiger partial charge in [0, 0.05) is 30.1 Å². The fraction of sp³-hybridized carbons (Fsp3) is 0.571. The second-order valence-corrected chi connectivity index (χ2v) is 4.96. The maximum Gasteiger partial charge on any atom is 0.405 e. The Morgan fingerprint density at radius 3 is 2.40 bits per heavy atom. The molecule has 0 heterocycles. The Bertz CT molecular complexity index is 433. The van der Waals surface area contributed by atoms with Crippen molar-refractivity contribution >= 4 is 11.4 Å². The maximum absolute atomic E-state index is 12.6. The van der Waals surface area contributed by atoms with Crippen LogP contribution in [0.2, 0.25) is 0 Å². The Labute approximate surface area is 117 Å². The van der Waals surface area contributed by atoms with Crippen molar-refractivity contribution in [1.82, 2.24) is 0 Å². The van der Waals surface area contributed by atoms with E-state index in [9.17, 15) is 13.2 Å². The van der Waals surface area contributed by atoms with Crippen LogP contribution in [0.1, 0.15) is 27.2 Å². The van der Waals surface area contributed by atoms with E-state index >= 15 is 0 Å². The molecule has 0 saturated heterocycles. The minimum absolute atomic E-state index is 0.0631. The van der Waals surface area contributed by atoms with Gasteiger partial charge in [-0.15, -0.1) is 0 Å². The topological polar surface area (TPSA) is 38.5 Å². The second kappa shape index (κ2) is 6.72. The number of benzene rings is 1. The summed E-state index contributed by atoms with van der Waals surface area (Å²) >= 11 is 0. The van der Waals surface area contributed by atoms with E-state index in [1.54, 1.807) is 12.1 Å². The molecule has 0 aliphatic carbocycles. The number of hydrogen-bond acceptors (Lipinski definition) is 3. The molecule has 0 unspecified atom stereocenters. The molecule has 1 aromatic rings. The van der Waals surface area contributed by atoms with E-state index in [2.05, 4.69) is 0 Å². The average molecular weight is 290 g/mol. The third kappa shape index (κ3) is 5.59. The van der Waals surface area contributed by atoms with Crippen molar-refractivity contribution in [2.45, 2.75) is 39.5 Å². The van der Waals surface area contributed by atoms with Gasteiger partial charge >= 0.3 is 6.18 Å². The predicted molar refractivity (Wildman–Crippen MR) is 75.2 cm³/mol. The first kappa shape index (κ1) is 16.5. The van der Waals surface area contributed by atoms with Gasteiger partial charge in [0.25, 0.3) is 0 Å². The van der Waals surface area contributed by atoms with Gasteiger partial charge in [-0.25, -0.2) is 0 Å². The van der Waals surface area contributed by atoms with Crippen molar-refractivity contribution in [1.29, 1.82) is 0 Å². The number of rotatable bonds is 6. The zero-order chi connectivity index (χ0) is 15.3. The van der Waals surface area contributed by atoms with E-state index in [1.807, 2.05) is 20.8 Å². The highest BCUT2D eigenvalue weighted by Crippen LogP contribution is 2.29. The molecular formula is C14H21F3N2O. The quantitative estimate of drug-likeness (QED) is 0.809. The van der Waals surface area contributed by atoms with Crippen LogP contribution >= 0.6 is 0 Å². The molecule has 1 rings (SSSR count). The maximum atomic E-state index is 12.6. The van der Waals surface area contributed by atoms with Crippen molar-refractivity contribution in [2.75, 3.05) is 23.7 Å². The van der Waals surface area contributed by atoms with Gasteiger partial charge in [0.05, 0.1) is 6.10 Å². The summed E-state index contributed by atoms with van der Waals surface area (Å²) in [4.78, 5) is 1.27. The summed E-state index contributed by atoms with van der Waals surface area (Å²) in [6.45, 7) is 4.85. The normalized spacial score (nSPS) is 11.8. The van der Waals surface area contributed by atoms with E-state index < -0.39 is 12.7 Å². The smallest absolute Gasteiger partial charge is 0.405 e. The third-order valence-electron chi connectivity index (χ3n) is 2.51. The van der Waals surface area contributed by atoms with Gasteiger partial charge in [0.1, 0.15) is 12.3 Å². The van der Waals surface area contributed by atoms with Crippen LogP contribution in [0.25, 0.3) is 0 Å². The molecule has 0 radical (unpaired) electrons. The highest BCUT2D eigenvalue weighted by molar-refractivity contribution is 5.60. The molecule has 114 valence electrons. The summed E-state index contributed by atoms with van der Waals surface area (Å²) in [6, 6.07) is 4.74. The Morgan fingerprint density at radius 2 is 1.90 bits per heavy atom. The third-order valence-corrected chi connectivity index (χ3v) is 2.51. The molecule has 6 heteroatoms. The first-order valence-corrected chi connectivity index (χ1v) is 6.60. The van der Waals surface area contributed by atoms with E-state index in [0.717, 1.165) is 0 Å². The van der Waals surface area contributed by atoms with E-state index in [0.29, 0.717) is 30.1 Å². The lowest BCUT2D eigenvalue weighted by Gasteiger charge is -2.26. The van der Waals surface area contributed by atoms with Crippen LogP contribution in [-0.2, 0) is 0 Å². The monoisotopic (exact) mass is 290 g/mol. The molecule has 0 aliphatic rings.